The lowest BCUT2D eigenvalue weighted by Crippen LogP contribution is -2.40. The van der Waals surface area contributed by atoms with E-state index in [2.05, 4.69) is 22.0 Å². The van der Waals surface area contributed by atoms with Crippen molar-refractivity contribution in [3.8, 4) is 5.75 Å². The van der Waals surface area contributed by atoms with Gasteiger partial charge in [0.15, 0.2) is 5.75 Å². The smallest absolute Gasteiger partial charge is 0.255 e. The van der Waals surface area contributed by atoms with Crippen molar-refractivity contribution >= 4 is 11.6 Å². The van der Waals surface area contributed by atoms with Gasteiger partial charge in [0.1, 0.15) is 6.61 Å². The fraction of sp³-hybridized carbons (Fsp3) is 0.632. The molecule has 1 unspecified atom stereocenters. The molecule has 5 heteroatoms. The fourth-order valence-corrected chi connectivity index (χ4v) is 3.65. The van der Waals surface area contributed by atoms with Gasteiger partial charge < -0.3 is 15.0 Å². The number of fused-ring (bicyclic) bond motifs is 1. The number of nitrogens with one attached hydrogen (secondary N) is 1. The van der Waals surface area contributed by atoms with E-state index in [-0.39, 0.29) is 5.91 Å². The SMILES string of the molecule is CCCCN1CCCC1CNC(=O)c1cccc2c1OCCN2C. The number of hydrogen-bond donors (Lipinski definition) is 1. The van der Waals surface area contributed by atoms with Gasteiger partial charge in [-0.3, -0.25) is 9.69 Å². The molecule has 2 heterocycles. The van der Waals surface area contributed by atoms with Gasteiger partial charge in [-0.15, -0.1) is 0 Å². The molecule has 132 valence electrons. The van der Waals surface area contributed by atoms with E-state index in [1.54, 1.807) is 0 Å². The summed E-state index contributed by atoms with van der Waals surface area (Å²) < 4.78 is 5.78. The van der Waals surface area contributed by atoms with Crippen LogP contribution in [-0.2, 0) is 0 Å². The number of amides is 1. The van der Waals surface area contributed by atoms with E-state index in [9.17, 15) is 4.79 Å². The van der Waals surface area contributed by atoms with Crippen molar-refractivity contribution in [3.63, 3.8) is 0 Å². The molecule has 5 nitrogen and oxygen atoms in total. The molecule has 0 radical (unpaired) electrons. The topological polar surface area (TPSA) is 44.8 Å². The maximum atomic E-state index is 12.7. The minimum absolute atomic E-state index is 0.0236. The second-order valence-electron chi connectivity index (χ2n) is 6.82. The number of likely N-dealkylation sites (N-methyl/N-ethyl adjacent to an activating group) is 1. The summed E-state index contributed by atoms with van der Waals surface area (Å²) in [7, 11) is 2.03. The Morgan fingerprint density at radius 1 is 1.38 bits per heavy atom. The normalized spacial score (nSPS) is 20.6. The Morgan fingerprint density at radius 2 is 2.25 bits per heavy atom. The number of carbonyl (C=O) groups is 1. The predicted molar refractivity (Wildman–Crippen MR) is 97.0 cm³/mol. The Morgan fingerprint density at radius 3 is 3.08 bits per heavy atom. The molecule has 0 aromatic heterocycles. The highest BCUT2D eigenvalue weighted by molar-refractivity contribution is 5.99. The van der Waals surface area contributed by atoms with Crippen LogP contribution in [0.2, 0.25) is 0 Å². The summed E-state index contributed by atoms with van der Waals surface area (Å²) in [6.07, 6.45) is 4.86. The van der Waals surface area contributed by atoms with Gasteiger partial charge in [0.05, 0.1) is 17.8 Å². The largest absolute Gasteiger partial charge is 0.489 e. The molecule has 0 saturated carbocycles. The van der Waals surface area contributed by atoms with E-state index in [4.69, 9.17) is 4.74 Å². The average Bonchev–Trinajstić information content (AvgIpc) is 3.05. The molecule has 24 heavy (non-hydrogen) atoms. The molecular weight excluding hydrogens is 302 g/mol. The number of ether oxygens (including phenoxy) is 1. The van der Waals surface area contributed by atoms with Crippen molar-refractivity contribution in [1.82, 2.24) is 10.2 Å². The first-order valence-corrected chi connectivity index (χ1v) is 9.20. The maximum absolute atomic E-state index is 12.7. The van der Waals surface area contributed by atoms with Crippen LogP contribution in [0.1, 0.15) is 43.0 Å². The third-order valence-corrected chi connectivity index (χ3v) is 5.12. The summed E-state index contributed by atoms with van der Waals surface area (Å²) in [6.45, 7) is 6.74. The van der Waals surface area contributed by atoms with E-state index in [1.165, 1.54) is 25.7 Å². The standard InChI is InChI=1S/C19H29N3O2/c1-3-4-10-22-11-6-7-15(22)14-20-19(23)16-8-5-9-17-18(16)24-13-12-21(17)2/h5,8-9,15H,3-4,6-7,10-14H2,1-2H3,(H,20,23). The van der Waals surface area contributed by atoms with Crippen LogP contribution in [-0.4, -0.2) is 56.7 Å². The zero-order valence-electron chi connectivity index (χ0n) is 14.9. The fourth-order valence-electron chi connectivity index (χ4n) is 3.65. The molecule has 0 bridgehead atoms. The van der Waals surface area contributed by atoms with Crippen LogP contribution in [0, 0.1) is 0 Å². The highest BCUT2D eigenvalue weighted by Gasteiger charge is 2.26. The number of benzene rings is 1. The van der Waals surface area contributed by atoms with Crippen molar-refractivity contribution in [2.45, 2.75) is 38.6 Å². The lowest BCUT2D eigenvalue weighted by atomic mass is 10.1. The van der Waals surface area contributed by atoms with Crippen molar-refractivity contribution in [3.05, 3.63) is 23.8 Å². The van der Waals surface area contributed by atoms with Crippen LogP contribution < -0.4 is 15.0 Å². The van der Waals surface area contributed by atoms with Crippen LogP contribution in [0.15, 0.2) is 18.2 Å². The summed E-state index contributed by atoms with van der Waals surface area (Å²) in [6, 6.07) is 6.27. The van der Waals surface area contributed by atoms with E-state index < -0.39 is 0 Å². The van der Waals surface area contributed by atoms with Gasteiger partial charge in [0.25, 0.3) is 5.91 Å². The van der Waals surface area contributed by atoms with Crippen molar-refractivity contribution in [2.24, 2.45) is 0 Å². The molecule has 2 aliphatic rings. The Hall–Kier alpha value is -1.75. The highest BCUT2D eigenvalue weighted by atomic mass is 16.5. The summed E-state index contributed by atoms with van der Waals surface area (Å²) in [5.41, 5.74) is 1.65. The number of hydrogen-bond acceptors (Lipinski definition) is 4. The molecule has 1 fully saturated rings. The highest BCUT2D eigenvalue weighted by Crippen LogP contribution is 2.34. The molecule has 1 aromatic rings. The first-order chi connectivity index (χ1) is 11.7. The van der Waals surface area contributed by atoms with Gasteiger partial charge in [-0.1, -0.05) is 19.4 Å². The zero-order chi connectivity index (χ0) is 16.9. The molecule has 3 rings (SSSR count). The minimum Gasteiger partial charge on any atom is -0.489 e. The van der Waals surface area contributed by atoms with Crippen molar-refractivity contribution < 1.29 is 9.53 Å². The number of likely N-dealkylation sites (tertiary alicyclic amines) is 1. The van der Waals surface area contributed by atoms with E-state index in [0.29, 0.717) is 18.2 Å². The second-order valence-corrected chi connectivity index (χ2v) is 6.82. The second kappa shape index (κ2) is 7.88. The van der Waals surface area contributed by atoms with Crippen LogP contribution in [0.25, 0.3) is 0 Å². The van der Waals surface area contributed by atoms with E-state index >= 15 is 0 Å². The van der Waals surface area contributed by atoms with Crippen LogP contribution in [0.4, 0.5) is 5.69 Å². The predicted octanol–water partition coefficient (Wildman–Crippen LogP) is 2.51. The number of para-hydroxylation sites is 1. The lowest BCUT2D eigenvalue weighted by molar-refractivity contribution is 0.0936. The number of anilines is 1. The third-order valence-electron chi connectivity index (χ3n) is 5.12. The molecule has 0 aliphatic carbocycles. The van der Waals surface area contributed by atoms with Gasteiger partial charge in [-0.05, 0) is 44.5 Å². The van der Waals surface area contributed by atoms with Gasteiger partial charge in [-0.25, -0.2) is 0 Å². The van der Waals surface area contributed by atoms with Gasteiger partial charge in [0.2, 0.25) is 0 Å². The Kier molecular flexibility index (Phi) is 5.61. The molecule has 1 atom stereocenters. The first kappa shape index (κ1) is 17.1. The lowest BCUT2D eigenvalue weighted by Gasteiger charge is -2.29. The van der Waals surface area contributed by atoms with Crippen LogP contribution in [0.5, 0.6) is 5.75 Å². The Bertz CT molecular complexity index is 576. The minimum atomic E-state index is -0.0236. The zero-order valence-corrected chi connectivity index (χ0v) is 14.9. The van der Waals surface area contributed by atoms with E-state index in [0.717, 1.165) is 37.6 Å². The Balaban J connectivity index is 1.62. The van der Waals surface area contributed by atoms with E-state index in [1.807, 2.05) is 25.2 Å². The molecule has 1 amide bonds. The van der Waals surface area contributed by atoms with Crippen LogP contribution in [0.3, 0.4) is 0 Å². The summed E-state index contributed by atoms with van der Waals surface area (Å²) in [5.74, 6) is 0.697. The average molecular weight is 331 g/mol. The monoisotopic (exact) mass is 331 g/mol. The summed E-state index contributed by atoms with van der Waals surface area (Å²) >= 11 is 0. The number of rotatable bonds is 6. The third kappa shape index (κ3) is 3.66. The van der Waals surface area contributed by atoms with Crippen molar-refractivity contribution in [1.29, 1.82) is 0 Å². The Labute approximate surface area is 145 Å². The maximum Gasteiger partial charge on any atom is 0.255 e. The van der Waals surface area contributed by atoms with Gasteiger partial charge in [0, 0.05) is 19.6 Å². The summed E-state index contributed by atoms with van der Waals surface area (Å²) in [5, 5.41) is 3.13. The molecule has 0 spiro atoms. The van der Waals surface area contributed by atoms with Gasteiger partial charge in [-0.2, -0.15) is 0 Å². The molecule has 1 N–H and O–H groups in total. The molecule has 1 saturated heterocycles. The molecular formula is C19H29N3O2. The molecule has 2 aliphatic heterocycles. The van der Waals surface area contributed by atoms with Crippen LogP contribution >= 0.6 is 0 Å². The number of nitrogens with zero attached hydrogens (tertiary/aromatic N) is 2. The van der Waals surface area contributed by atoms with Crippen molar-refractivity contribution in [2.75, 3.05) is 44.7 Å². The quantitative estimate of drug-likeness (QED) is 0.870. The summed E-state index contributed by atoms with van der Waals surface area (Å²) in [4.78, 5) is 17.3. The first-order valence-electron chi connectivity index (χ1n) is 9.20. The molecule has 1 aromatic carbocycles. The number of unbranched alkanes of at least 4 members (excludes halogenated alkanes) is 1. The number of carbonyl (C=O) groups excluding carboxylic acids is 1. The van der Waals surface area contributed by atoms with Gasteiger partial charge >= 0.3 is 0 Å².